The molecule has 1 aliphatic rings. The molecular weight excluding hydrogens is 243 g/mol. The highest BCUT2D eigenvalue weighted by Crippen LogP contribution is 2.24. The number of sulfonamides is 1. The van der Waals surface area contributed by atoms with Crippen molar-refractivity contribution >= 4 is 10.0 Å². The van der Waals surface area contributed by atoms with Crippen molar-refractivity contribution in [1.29, 1.82) is 0 Å². The van der Waals surface area contributed by atoms with Crippen LogP contribution >= 0.6 is 0 Å². The molecule has 1 fully saturated rings. The second kappa shape index (κ2) is 4.36. The van der Waals surface area contributed by atoms with Crippen LogP contribution < -0.4 is 5.73 Å². The molecule has 4 nitrogen and oxygen atoms in total. The predicted molar refractivity (Wildman–Crippen MR) is 62.3 cm³/mol. The maximum atomic E-state index is 13.5. The van der Waals surface area contributed by atoms with E-state index in [0.717, 1.165) is 6.07 Å². The van der Waals surface area contributed by atoms with Crippen LogP contribution in [0.25, 0.3) is 0 Å². The van der Waals surface area contributed by atoms with Crippen LogP contribution in [0.4, 0.5) is 4.39 Å². The molecule has 17 heavy (non-hydrogen) atoms. The van der Waals surface area contributed by atoms with Crippen molar-refractivity contribution in [2.45, 2.75) is 17.9 Å². The lowest BCUT2D eigenvalue weighted by atomic mass is 10.1. The van der Waals surface area contributed by atoms with E-state index in [4.69, 9.17) is 5.73 Å². The van der Waals surface area contributed by atoms with Gasteiger partial charge in [-0.15, -0.1) is 0 Å². The van der Waals surface area contributed by atoms with Crippen LogP contribution in [0, 0.1) is 11.7 Å². The van der Waals surface area contributed by atoms with Crippen molar-refractivity contribution in [3.8, 4) is 0 Å². The lowest BCUT2D eigenvalue weighted by Gasteiger charge is -2.16. The second-order valence-electron chi connectivity index (χ2n) is 4.39. The van der Waals surface area contributed by atoms with E-state index >= 15 is 0 Å². The van der Waals surface area contributed by atoms with Gasteiger partial charge in [-0.3, -0.25) is 0 Å². The number of nitrogens with two attached hydrogens (primary N) is 1. The molecule has 1 aliphatic heterocycles. The first-order valence-electron chi connectivity index (χ1n) is 5.43. The summed E-state index contributed by atoms with van der Waals surface area (Å²) in [5, 5.41) is 0. The van der Waals surface area contributed by atoms with Gasteiger partial charge in [-0.1, -0.05) is 19.1 Å². The van der Waals surface area contributed by atoms with Crippen LogP contribution in [0.1, 0.15) is 6.92 Å². The van der Waals surface area contributed by atoms with Crippen LogP contribution in [0.2, 0.25) is 0 Å². The molecule has 1 heterocycles. The Balaban J connectivity index is 2.36. The first-order valence-corrected chi connectivity index (χ1v) is 6.87. The topological polar surface area (TPSA) is 63.4 Å². The summed E-state index contributed by atoms with van der Waals surface area (Å²) in [4.78, 5) is -0.277. The third-order valence-corrected chi connectivity index (χ3v) is 4.96. The fourth-order valence-corrected chi connectivity index (χ4v) is 3.58. The number of hydrogen-bond donors (Lipinski definition) is 1. The molecule has 0 aliphatic carbocycles. The fourth-order valence-electron chi connectivity index (χ4n) is 1.94. The largest absolute Gasteiger partial charge is 0.326 e. The summed E-state index contributed by atoms with van der Waals surface area (Å²) >= 11 is 0. The van der Waals surface area contributed by atoms with Crippen molar-refractivity contribution in [2.24, 2.45) is 11.7 Å². The minimum atomic E-state index is -3.76. The Morgan fingerprint density at radius 2 is 2.00 bits per heavy atom. The molecule has 0 radical (unpaired) electrons. The molecule has 0 saturated carbocycles. The molecule has 1 aromatic rings. The minimum absolute atomic E-state index is 0.0940. The number of nitrogens with zero attached hydrogens (tertiary/aromatic N) is 1. The summed E-state index contributed by atoms with van der Waals surface area (Å²) in [6.45, 7) is 2.48. The second-order valence-corrected chi connectivity index (χ2v) is 6.30. The average Bonchev–Trinajstić information content (AvgIpc) is 2.60. The number of halogens is 1. The quantitative estimate of drug-likeness (QED) is 0.853. The van der Waals surface area contributed by atoms with E-state index in [-0.39, 0.29) is 23.4 Å². The van der Waals surface area contributed by atoms with Gasteiger partial charge in [0.2, 0.25) is 10.0 Å². The maximum absolute atomic E-state index is 13.5. The summed E-state index contributed by atoms with van der Waals surface area (Å²) in [7, 11) is -3.76. The lowest BCUT2D eigenvalue weighted by Crippen LogP contribution is -2.32. The monoisotopic (exact) mass is 258 g/mol. The van der Waals surface area contributed by atoms with E-state index in [1.807, 2.05) is 6.92 Å². The van der Waals surface area contributed by atoms with Crippen LogP contribution in [0.3, 0.4) is 0 Å². The van der Waals surface area contributed by atoms with E-state index in [1.54, 1.807) is 0 Å². The molecule has 1 saturated heterocycles. The zero-order valence-electron chi connectivity index (χ0n) is 9.51. The van der Waals surface area contributed by atoms with Gasteiger partial charge in [0.05, 0.1) is 0 Å². The van der Waals surface area contributed by atoms with Gasteiger partial charge in [0.15, 0.2) is 0 Å². The number of rotatable bonds is 2. The van der Waals surface area contributed by atoms with Gasteiger partial charge in [0.25, 0.3) is 0 Å². The van der Waals surface area contributed by atoms with Crippen LogP contribution in [0.15, 0.2) is 29.2 Å². The van der Waals surface area contributed by atoms with Gasteiger partial charge in [0.1, 0.15) is 10.7 Å². The van der Waals surface area contributed by atoms with Crippen molar-refractivity contribution in [3.05, 3.63) is 30.1 Å². The smallest absolute Gasteiger partial charge is 0.246 e. The minimum Gasteiger partial charge on any atom is -0.326 e. The highest BCUT2D eigenvalue weighted by Gasteiger charge is 2.36. The normalized spacial score (nSPS) is 26.3. The molecule has 1 aromatic carbocycles. The van der Waals surface area contributed by atoms with Crippen molar-refractivity contribution in [3.63, 3.8) is 0 Å². The summed E-state index contributed by atoms with van der Waals surface area (Å²) in [5.41, 5.74) is 5.78. The third-order valence-electron chi connectivity index (χ3n) is 3.09. The standard InChI is InChI=1S/C11H15FN2O2S/c1-8-6-14(7-10(8)13)17(15,16)11-5-3-2-4-9(11)12/h2-5,8,10H,6-7,13H2,1H3. The molecule has 2 rings (SSSR count). The molecule has 0 bridgehead atoms. The summed E-state index contributed by atoms with van der Waals surface area (Å²) in [6, 6.07) is 5.21. The van der Waals surface area contributed by atoms with Gasteiger partial charge in [-0.25, -0.2) is 12.8 Å². The Kier molecular flexibility index (Phi) is 3.20. The SMILES string of the molecule is CC1CN(S(=O)(=O)c2ccccc2F)CC1N. The van der Waals surface area contributed by atoms with Crippen LogP contribution in [-0.4, -0.2) is 31.9 Å². The first-order chi connectivity index (χ1) is 7.93. The van der Waals surface area contributed by atoms with Gasteiger partial charge in [-0.05, 0) is 18.1 Å². The third kappa shape index (κ3) is 2.20. The lowest BCUT2D eigenvalue weighted by molar-refractivity contribution is 0.458. The highest BCUT2D eigenvalue weighted by atomic mass is 32.2. The number of hydrogen-bond acceptors (Lipinski definition) is 3. The van der Waals surface area contributed by atoms with Crippen LogP contribution in [0.5, 0.6) is 0 Å². The van der Waals surface area contributed by atoms with E-state index in [0.29, 0.717) is 6.54 Å². The fraction of sp³-hybridized carbons (Fsp3) is 0.455. The average molecular weight is 258 g/mol. The zero-order valence-corrected chi connectivity index (χ0v) is 10.3. The number of benzene rings is 1. The Morgan fingerprint density at radius 1 is 1.35 bits per heavy atom. The predicted octanol–water partition coefficient (Wildman–Crippen LogP) is 0.793. The Labute approximate surface area is 100 Å². The van der Waals surface area contributed by atoms with Crippen molar-refractivity contribution < 1.29 is 12.8 Å². The molecule has 94 valence electrons. The van der Waals surface area contributed by atoms with Gasteiger partial charge in [0, 0.05) is 19.1 Å². The summed E-state index contributed by atoms with van der Waals surface area (Å²) in [5.74, 6) is -0.628. The molecule has 2 N–H and O–H groups in total. The Hall–Kier alpha value is -0.980. The molecule has 0 spiro atoms. The zero-order chi connectivity index (χ0) is 12.6. The molecule has 2 atom stereocenters. The molecular formula is C11H15FN2O2S. The molecule has 2 unspecified atom stereocenters. The Bertz CT molecular complexity index is 508. The van der Waals surface area contributed by atoms with E-state index in [2.05, 4.69) is 0 Å². The Morgan fingerprint density at radius 3 is 2.53 bits per heavy atom. The summed E-state index contributed by atoms with van der Waals surface area (Å²) in [6.07, 6.45) is 0. The van der Waals surface area contributed by atoms with Gasteiger partial charge < -0.3 is 5.73 Å². The van der Waals surface area contributed by atoms with E-state index < -0.39 is 15.8 Å². The molecule has 6 heteroatoms. The van der Waals surface area contributed by atoms with Gasteiger partial charge in [-0.2, -0.15) is 4.31 Å². The summed E-state index contributed by atoms with van der Waals surface area (Å²) < 4.78 is 39.1. The van der Waals surface area contributed by atoms with Crippen molar-refractivity contribution in [1.82, 2.24) is 4.31 Å². The molecule has 0 aromatic heterocycles. The van der Waals surface area contributed by atoms with Gasteiger partial charge >= 0.3 is 0 Å². The highest BCUT2D eigenvalue weighted by molar-refractivity contribution is 7.89. The van der Waals surface area contributed by atoms with Crippen molar-refractivity contribution in [2.75, 3.05) is 13.1 Å². The van der Waals surface area contributed by atoms with E-state index in [9.17, 15) is 12.8 Å². The maximum Gasteiger partial charge on any atom is 0.246 e. The van der Waals surface area contributed by atoms with E-state index in [1.165, 1.54) is 22.5 Å². The first kappa shape index (κ1) is 12.5. The van der Waals surface area contributed by atoms with Crippen LogP contribution in [-0.2, 0) is 10.0 Å². The molecule has 0 amide bonds.